The van der Waals surface area contributed by atoms with Crippen molar-refractivity contribution in [2.75, 3.05) is 0 Å². The van der Waals surface area contributed by atoms with Gasteiger partial charge in [0.1, 0.15) is 11.8 Å². The molecule has 3 rings (SSSR count). The number of nitrogens with two attached hydrogens (primary N) is 1. The zero-order valence-corrected chi connectivity index (χ0v) is 16.4. The number of hydrogen-bond acceptors (Lipinski definition) is 4. The van der Waals surface area contributed by atoms with Crippen LogP contribution in [0.1, 0.15) is 34.3 Å². The molecule has 6 heteroatoms. The van der Waals surface area contributed by atoms with E-state index >= 15 is 0 Å². The van der Waals surface area contributed by atoms with Gasteiger partial charge in [0.05, 0.1) is 0 Å². The van der Waals surface area contributed by atoms with Crippen LogP contribution in [0.5, 0.6) is 5.75 Å². The molecule has 1 atom stereocenters. The van der Waals surface area contributed by atoms with Crippen molar-refractivity contribution < 1.29 is 19.1 Å². The summed E-state index contributed by atoms with van der Waals surface area (Å²) in [7, 11) is 0. The van der Waals surface area contributed by atoms with Crippen LogP contribution in [0, 0.1) is 0 Å². The van der Waals surface area contributed by atoms with Gasteiger partial charge in [-0.3, -0.25) is 14.4 Å². The normalized spacial score (nSPS) is 11.5. The number of hydrogen-bond donors (Lipinski definition) is 2. The third kappa shape index (κ3) is 5.11. The van der Waals surface area contributed by atoms with Crippen LogP contribution >= 0.6 is 0 Å². The molecule has 0 aliphatic heterocycles. The van der Waals surface area contributed by atoms with Crippen LogP contribution in [-0.2, 0) is 9.59 Å². The number of primary amides is 1. The van der Waals surface area contributed by atoms with E-state index in [1.807, 2.05) is 60.7 Å². The Hall–Kier alpha value is -3.93. The van der Waals surface area contributed by atoms with Crippen molar-refractivity contribution in [2.45, 2.75) is 18.9 Å². The first-order valence-electron chi connectivity index (χ1n) is 9.44. The highest BCUT2D eigenvalue weighted by atomic mass is 16.5. The second-order valence-corrected chi connectivity index (χ2v) is 6.77. The molecule has 0 fully saturated rings. The molecule has 0 aromatic heterocycles. The van der Waals surface area contributed by atoms with Gasteiger partial charge in [0.25, 0.3) is 5.91 Å². The molecule has 0 spiro atoms. The lowest BCUT2D eigenvalue weighted by molar-refractivity contribution is -0.131. The van der Waals surface area contributed by atoms with Crippen molar-refractivity contribution in [2.24, 2.45) is 5.73 Å². The van der Waals surface area contributed by atoms with Crippen LogP contribution < -0.4 is 15.8 Å². The summed E-state index contributed by atoms with van der Waals surface area (Å²) in [5, 5.41) is 2.77. The van der Waals surface area contributed by atoms with Crippen molar-refractivity contribution in [1.29, 1.82) is 0 Å². The lowest BCUT2D eigenvalue weighted by Crippen LogP contribution is -2.48. The maximum absolute atomic E-state index is 12.8. The Labute approximate surface area is 174 Å². The molecule has 3 aromatic rings. The molecule has 3 aromatic carbocycles. The number of esters is 1. The van der Waals surface area contributed by atoms with Gasteiger partial charge < -0.3 is 15.8 Å². The van der Waals surface area contributed by atoms with Crippen molar-refractivity contribution >= 4 is 17.8 Å². The Morgan fingerprint density at radius 3 is 1.73 bits per heavy atom. The van der Waals surface area contributed by atoms with Crippen LogP contribution in [0.25, 0.3) is 0 Å². The highest BCUT2D eigenvalue weighted by Gasteiger charge is 2.31. The second-order valence-electron chi connectivity index (χ2n) is 6.77. The molecule has 30 heavy (non-hydrogen) atoms. The number of carbonyl (C=O) groups excluding carboxylic acids is 3. The van der Waals surface area contributed by atoms with Crippen LogP contribution in [0.4, 0.5) is 0 Å². The molecule has 0 aliphatic carbocycles. The zero-order chi connectivity index (χ0) is 21.5. The molecule has 0 bridgehead atoms. The first kappa shape index (κ1) is 20.8. The van der Waals surface area contributed by atoms with Gasteiger partial charge in [-0.2, -0.15) is 0 Å². The minimum Gasteiger partial charge on any atom is -0.427 e. The number of amides is 2. The molecule has 0 radical (unpaired) electrons. The number of nitrogens with one attached hydrogen (secondary N) is 1. The molecule has 6 nitrogen and oxygen atoms in total. The van der Waals surface area contributed by atoms with Gasteiger partial charge in [0.15, 0.2) is 0 Å². The Bertz CT molecular complexity index is 979. The molecule has 0 saturated carbocycles. The standard InChI is InChI=1S/C24H22N2O4/c1-16(27)30-20-14-12-19(13-15-20)24(29)26-22(23(25)28)21(17-8-4-2-5-9-17)18-10-6-3-7-11-18/h2-15,21-22H,1H3,(H2,25,28)(H,26,29)/t22-/m0/s1. The summed E-state index contributed by atoms with van der Waals surface area (Å²) < 4.78 is 4.98. The van der Waals surface area contributed by atoms with Crippen molar-refractivity contribution in [3.8, 4) is 5.75 Å². The fraction of sp³-hybridized carbons (Fsp3) is 0.125. The summed E-state index contributed by atoms with van der Waals surface area (Å²) in [5.74, 6) is -1.66. The molecule has 3 N–H and O–H groups in total. The van der Waals surface area contributed by atoms with Gasteiger partial charge in [0.2, 0.25) is 5.91 Å². The SMILES string of the molecule is CC(=O)Oc1ccc(C(=O)N[C@H](C(N)=O)C(c2ccccc2)c2ccccc2)cc1. The molecule has 0 saturated heterocycles. The van der Waals surface area contributed by atoms with Crippen LogP contribution in [0.15, 0.2) is 84.9 Å². The summed E-state index contributed by atoms with van der Waals surface area (Å²) in [6.07, 6.45) is 0. The molecule has 0 unspecified atom stereocenters. The Balaban J connectivity index is 1.90. The number of rotatable bonds is 7. The quantitative estimate of drug-likeness (QED) is 0.469. The second kappa shape index (κ2) is 9.52. The predicted molar refractivity (Wildman–Crippen MR) is 113 cm³/mol. The first-order valence-corrected chi connectivity index (χ1v) is 9.44. The van der Waals surface area contributed by atoms with Crippen LogP contribution in [-0.4, -0.2) is 23.8 Å². The third-order valence-corrected chi connectivity index (χ3v) is 4.62. The predicted octanol–water partition coefficient (Wildman–Crippen LogP) is 3.03. The van der Waals surface area contributed by atoms with E-state index in [1.165, 1.54) is 31.2 Å². The Kier molecular flexibility index (Phi) is 6.60. The van der Waals surface area contributed by atoms with Crippen molar-refractivity contribution in [3.63, 3.8) is 0 Å². The summed E-state index contributed by atoms with van der Waals surface area (Å²) in [4.78, 5) is 36.3. The molecular formula is C24H22N2O4. The summed E-state index contributed by atoms with van der Waals surface area (Å²) in [6, 6.07) is 24.0. The first-order chi connectivity index (χ1) is 14.5. The number of ether oxygens (including phenoxy) is 1. The minimum atomic E-state index is -0.963. The van der Waals surface area contributed by atoms with Gasteiger partial charge in [-0.25, -0.2) is 0 Å². The van der Waals surface area contributed by atoms with E-state index in [0.29, 0.717) is 11.3 Å². The van der Waals surface area contributed by atoms with Gasteiger partial charge in [0, 0.05) is 18.4 Å². The molecule has 2 amide bonds. The van der Waals surface area contributed by atoms with E-state index < -0.39 is 29.7 Å². The lowest BCUT2D eigenvalue weighted by atomic mass is 9.84. The maximum atomic E-state index is 12.8. The summed E-state index contributed by atoms with van der Waals surface area (Å²) in [6.45, 7) is 1.30. The smallest absolute Gasteiger partial charge is 0.308 e. The zero-order valence-electron chi connectivity index (χ0n) is 16.4. The lowest BCUT2D eigenvalue weighted by Gasteiger charge is -2.27. The fourth-order valence-electron chi connectivity index (χ4n) is 3.28. The molecular weight excluding hydrogens is 380 g/mol. The number of carbonyl (C=O) groups is 3. The maximum Gasteiger partial charge on any atom is 0.308 e. The minimum absolute atomic E-state index is 0.317. The van der Waals surface area contributed by atoms with E-state index in [-0.39, 0.29) is 0 Å². The van der Waals surface area contributed by atoms with Crippen molar-refractivity contribution in [3.05, 3.63) is 102 Å². The number of benzene rings is 3. The fourth-order valence-corrected chi connectivity index (χ4v) is 3.28. The van der Waals surface area contributed by atoms with Crippen LogP contribution in [0.2, 0.25) is 0 Å². The third-order valence-electron chi connectivity index (χ3n) is 4.62. The Morgan fingerprint density at radius 2 is 1.30 bits per heavy atom. The summed E-state index contributed by atoms with van der Waals surface area (Å²) >= 11 is 0. The molecule has 152 valence electrons. The van der Waals surface area contributed by atoms with E-state index in [1.54, 1.807) is 0 Å². The monoisotopic (exact) mass is 402 g/mol. The van der Waals surface area contributed by atoms with E-state index in [0.717, 1.165) is 11.1 Å². The highest BCUT2D eigenvalue weighted by molar-refractivity contribution is 5.98. The largest absolute Gasteiger partial charge is 0.427 e. The summed E-state index contributed by atoms with van der Waals surface area (Å²) in [5.41, 5.74) is 7.74. The van der Waals surface area contributed by atoms with Gasteiger partial charge in [-0.15, -0.1) is 0 Å². The Morgan fingerprint density at radius 1 is 0.800 bits per heavy atom. The average Bonchev–Trinajstić information content (AvgIpc) is 2.74. The molecule has 0 aliphatic rings. The average molecular weight is 402 g/mol. The van der Waals surface area contributed by atoms with Crippen LogP contribution in [0.3, 0.4) is 0 Å². The topological polar surface area (TPSA) is 98.5 Å². The highest BCUT2D eigenvalue weighted by Crippen LogP contribution is 2.28. The van der Waals surface area contributed by atoms with Gasteiger partial charge in [-0.05, 0) is 35.4 Å². The van der Waals surface area contributed by atoms with Crippen molar-refractivity contribution in [1.82, 2.24) is 5.32 Å². The van der Waals surface area contributed by atoms with E-state index in [2.05, 4.69) is 5.32 Å². The van der Waals surface area contributed by atoms with E-state index in [9.17, 15) is 14.4 Å². The molecule has 0 heterocycles. The van der Waals surface area contributed by atoms with Gasteiger partial charge in [-0.1, -0.05) is 60.7 Å². The van der Waals surface area contributed by atoms with E-state index in [4.69, 9.17) is 10.5 Å². The van der Waals surface area contributed by atoms with Gasteiger partial charge >= 0.3 is 5.97 Å².